The quantitative estimate of drug-likeness (QED) is 0.275. The van der Waals surface area contributed by atoms with Gasteiger partial charge in [-0.25, -0.2) is 9.50 Å². The van der Waals surface area contributed by atoms with Gasteiger partial charge in [0.1, 0.15) is 0 Å². The van der Waals surface area contributed by atoms with Crippen molar-refractivity contribution in [2.75, 3.05) is 43.4 Å². The minimum atomic E-state index is -4.31. The van der Waals surface area contributed by atoms with Crippen LogP contribution in [0.4, 0.5) is 17.3 Å². The zero-order chi connectivity index (χ0) is 28.7. The van der Waals surface area contributed by atoms with E-state index in [0.29, 0.717) is 28.3 Å². The van der Waals surface area contributed by atoms with Crippen molar-refractivity contribution in [2.45, 2.75) is 25.0 Å². The Hall–Kier alpha value is -4.00. The van der Waals surface area contributed by atoms with E-state index in [1.54, 1.807) is 35.0 Å². The van der Waals surface area contributed by atoms with Gasteiger partial charge in [-0.2, -0.15) is 8.42 Å². The molecular weight excluding hydrogens is 530 g/mol. The van der Waals surface area contributed by atoms with Crippen molar-refractivity contribution < 1.29 is 17.8 Å². The van der Waals surface area contributed by atoms with E-state index in [0.717, 1.165) is 31.9 Å². The van der Waals surface area contributed by atoms with Gasteiger partial charge in [-0.1, -0.05) is 6.07 Å². The van der Waals surface area contributed by atoms with Crippen LogP contribution in [0.3, 0.4) is 0 Å². The number of likely N-dealkylation sites (N-methyl/N-ethyl adjacent to an activating group) is 1. The summed E-state index contributed by atoms with van der Waals surface area (Å²) in [5.74, 6) is -0.264. The van der Waals surface area contributed by atoms with Gasteiger partial charge in [-0.3, -0.25) is 9.35 Å². The molecule has 1 aliphatic heterocycles. The van der Waals surface area contributed by atoms with E-state index in [1.807, 2.05) is 18.2 Å². The number of fused-ring (bicyclic) bond motifs is 1. The molecule has 2 aromatic heterocycles. The molecule has 0 aliphatic carbocycles. The molecule has 1 aliphatic rings. The summed E-state index contributed by atoms with van der Waals surface area (Å²) < 4.78 is 33.6. The number of nitrogens with zero attached hydrogens (tertiary/aromatic N) is 5. The Labute approximate surface area is 233 Å². The molecule has 4 N–H and O–H groups in total. The van der Waals surface area contributed by atoms with Crippen LogP contribution in [0.5, 0.6) is 0 Å². The van der Waals surface area contributed by atoms with Gasteiger partial charge >= 0.3 is 0 Å². The minimum Gasteiger partial charge on any atom is -0.369 e. The molecule has 3 heterocycles. The average Bonchev–Trinajstić information content (AvgIpc) is 3.32. The second-order valence-electron chi connectivity index (χ2n) is 10.8. The number of benzene rings is 2. The Morgan fingerprint density at radius 3 is 2.40 bits per heavy atom. The number of anilines is 3. The highest BCUT2D eigenvalue weighted by Crippen LogP contribution is 2.30. The van der Waals surface area contributed by atoms with E-state index in [4.69, 9.17) is 5.73 Å². The lowest BCUT2D eigenvalue weighted by Gasteiger charge is -2.34. The first-order valence-electron chi connectivity index (χ1n) is 13.0. The van der Waals surface area contributed by atoms with Crippen LogP contribution < -0.4 is 16.0 Å². The van der Waals surface area contributed by atoms with Gasteiger partial charge in [0.15, 0.2) is 0 Å². The van der Waals surface area contributed by atoms with Crippen LogP contribution in [0.2, 0.25) is 0 Å². The van der Waals surface area contributed by atoms with Gasteiger partial charge in [0.25, 0.3) is 10.1 Å². The summed E-state index contributed by atoms with van der Waals surface area (Å²) in [6, 6.07) is 16.7. The van der Waals surface area contributed by atoms with Crippen molar-refractivity contribution in [3.05, 3.63) is 71.9 Å². The molecule has 0 unspecified atom stereocenters. The van der Waals surface area contributed by atoms with Crippen LogP contribution >= 0.6 is 0 Å². The molecule has 5 rings (SSSR count). The molecule has 1 saturated heterocycles. The number of carbonyl (C=O) groups excluding carboxylic acids is 1. The number of hydrogen-bond donors (Lipinski definition) is 3. The number of primary amides is 1. The van der Waals surface area contributed by atoms with Gasteiger partial charge in [-0.05, 0) is 81.4 Å². The SMILES string of the molecule is CN1CCN(c2ccc(Nc3ncc4ccc(-c5cc(CC(C)(C)S(=O)(=O)O)ccc5C(N)=O)n4n3)cc2)CC1. The first kappa shape index (κ1) is 27.6. The predicted octanol–water partition coefficient (Wildman–Crippen LogP) is 3.20. The zero-order valence-electron chi connectivity index (χ0n) is 22.7. The van der Waals surface area contributed by atoms with Gasteiger partial charge in [0.05, 0.1) is 22.2 Å². The van der Waals surface area contributed by atoms with E-state index in [-0.39, 0.29) is 12.0 Å². The van der Waals surface area contributed by atoms with Crippen molar-refractivity contribution in [1.82, 2.24) is 19.5 Å². The third-order valence-corrected chi connectivity index (χ3v) is 8.88. The highest BCUT2D eigenvalue weighted by Gasteiger charge is 2.33. The van der Waals surface area contributed by atoms with Crippen LogP contribution in [-0.4, -0.2) is 76.3 Å². The largest absolute Gasteiger partial charge is 0.369 e. The smallest absolute Gasteiger partial charge is 0.270 e. The molecule has 11 nitrogen and oxygen atoms in total. The molecular formula is C28H33N7O4S. The third kappa shape index (κ3) is 5.64. The predicted molar refractivity (Wildman–Crippen MR) is 156 cm³/mol. The van der Waals surface area contributed by atoms with Crippen LogP contribution in [0.1, 0.15) is 29.8 Å². The number of aromatic nitrogens is 3. The number of carbonyl (C=O) groups is 1. The summed E-state index contributed by atoms with van der Waals surface area (Å²) >= 11 is 0. The maximum Gasteiger partial charge on any atom is 0.270 e. The summed E-state index contributed by atoms with van der Waals surface area (Å²) in [5.41, 5.74) is 10.3. The lowest BCUT2D eigenvalue weighted by Crippen LogP contribution is -2.44. The molecule has 12 heteroatoms. The van der Waals surface area contributed by atoms with Gasteiger partial charge in [0.2, 0.25) is 11.9 Å². The standard InChI is InChI=1S/C28H33N7O4S/c1-28(2,40(37,38)39)17-19-4-10-23(26(29)36)24(16-19)25-11-9-22-18-30-27(32-35(22)25)31-20-5-7-21(8-6-20)34-14-12-33(3)13-15-34/h4-11,16,18H,12-15,17H2,1-3H3,(H2,29,36)(H,31,32)(H,37,38,39). The maximum absolute atomic E-state index is 12.3. The molecule has 4 aromatic rings. The Balaban J connectivity index is 1.44. The first-order chi connectivity index (χ1) is 18.9. The molecule has 0 spiro atoms. The number of amides is 1. The van der Waals surface area contributed by atoms with E-state index in [1.165, 1.54) is 19.5 Å². The highest BCUT2D eigenvalue weighted by molar-refractivity contribution is 7.87. The maximum atomic E-state index is 12.3. The fourth-order valence-electron chi connectivity index (χ4n) is 4.82. The fourth-order valence-corrected chi connectivity index (χ4v) is 5.17. The molecule has 0 atom stereocenters. The monoisotopic (exact) mass is 563 g/mol. The number of nitrogens with two attached hydrogens (primary N) is 1. The van der Waals surface area contributed by atoms with Crippen LogP contribution in [0.15, 0.2) is 60.8 Å². The van der Waals surface area contributed by atoms with Crippen LogP contribution in [0, 0.1) is 0 Å². The molecule has 2 aromatic carbocycles. The lowest BCUT2D eigenvalue weighted by atomic mass is 9.95. The molecule has 40 heavy (non-hydrogen) atoms. The topological polar surface area (TPSA) is 146 Å². The van der Waals surface area contributed by atoms with Crippen LogP contribution in [0.25, 0.3) is 16.8 Å². The third-order valence-electron chi connectivity index (χ3n) is 7.34. The average molecular weight is 564 g/mol. The van der Waals surface area contributed by atoms with Gasteiger partial charge < -0.3 is 20.9 Å². The summed E-state index contributed by atoms with van der Waals surface area (Å²) in [7, 11) is -2.17. The molecule has 1 amide bonds. The number of piperazine rings is 1. The number of rotatable bonds is 8. The molecule has 0 bridgehead atoms. The van der Waals surface area contributed by atoms with E-state index < -0.39 is 20.8 Å². The summed E-state index contributed by atoms with van der Waals surface area (Å²) in [4.78, 5) is 21.4. The molecule has 0 saturated carbocycles. The van der Waals surface area contributed by atoms with E-state index in [2.05, 4.69) is 44.4 Å². The van der Waals surface area contributed by atoms with Crippen molar-refractivity contribution in [3.63, 3.8) is 0 Å². The Bertz CT molecular complexity index is 1660. The lowest BCUT2D eigenvalue weighted by molar-refractivity contribution is 0.100. The van der Waals surface area contributed by atoms with Crippen molar-refractivity contribution >= 4 is 38.9 Å². The summed E-state index contributed by atoms with van der Waals surface area (Å²) in [6.45, 7) is 6.93. The van der Waals surface area contributed by atoms with Crippen molar-refractivity contribution in [1.29, 1.82) is 0 Å². The minimum absolute atomic E-state index is 0.0348. The molecule has 0 radical (unpaired) electrons. The Morgan fingerprint density at radius 1 is 1.05 bits per heavy atom. The van der Waals surface area contributed by atoms with Crippen molar-refractivity contribution in [3.8, 4) is 11.3 Å². The van der Waals surface area contributed by atoms with E-state index >= 15 is 0 Å². The van der Waals surface area contributed by atoms with Crippen LogP contribution in [-0.2, 0) is 16.5 Å². The molecule has 1 fully saturated rings. The summed E-state index contributed by atoms with van der Waals surface area (Å²) in [6.07, 6.45) is 1.71. The van der Waals surface area contributed by atoms with Gasteiger partial charge in [0, 0.05) is 48.7 Å². The Kier molecular flexibility index (Phi) is 7.25. The Morgan fingerprint density at radius 2 is 1.75 bits per heavy atom. The highest BCUT2D eigenvalue weighted by atomic mass is 32.2. The normalized spacial score (nSPS) is 14.9. The van der Waals surface area contributed by atoms with Gasteiger partial charge in [-0.15, -0.1) is 5.10 Å². The van der Waals surface area contributed by atoms with Crippen molar-refractivity contribution in [2.24, 2.45) is 5.73 Å². The number of nitrogens with one attached hydrogen (secondary N) is 1. The van der Waals surface area contributed by atoms with E-state index in [9.17, 15) is 17.8 Å². The first-order valence-corrected chi connectivity index (χ1v) is 14.4. The number of hydrogen-bond acceptors (Lipinski definition) is 8. The molecule has 210 valence electrons. The second-order valence-corrected chi connectivity index (χ2v) is 12.8. The zero-order valence-corrected chi connectivity index (χ0v) is 23.5. The second kappa shape index (κ2) is 10.5. The summed E-state index contributed by atoms with van der Waals surface area (Å²) in [5, 5.41) is 7.90. The fraction of sp³-hybridized carbons (Fsp3) is 0.321.